The van der Waals surface area contributed by atoms with Crippen LogP contribution < -0.4 is 10.6 Å². The van der Waals surface area contributed by atoms with Crippen molar-refractivity contribution in [3.05, 3.63) is 47.0 Å². The highest BCUT2D eigenvalue weighted by Crippen LogP contribution is 2.16. The van der Waals surface area contributed by atoms with E-state index in [-0.39, 0.29) is 5.91 Å². The average molecular weight is 247 g/mol. The lowest BCUT2D eigenvalue weighted by atomic mass is 10.2. The fourth-order valence-electron chi connectivity index (χ4n) is 1.39. The minimum absolute atomic E-state index is 0.129. The van der Waals surface area contributed by atoms with Gasteiger partial charge in [-0.15, -0.1) is 11.3 Å². The van der Waals surface area contributed by atoms with E-state index in [0.717, 1.165) is 5.69 Å². The number of rotatable bonds is 4. The smallest absolute Gasteiger partial charge is 0.257 e. The number of carbonyl (C=O) groups is 1. The van der Waals surface area contributed by atoms with Crippen LogP contribution in [0.2, 0.25) is 0 Å². The first kappa shape index (κ1) is 11.8. The third-order valence-corrected chi connectivity index (χ3v) is 2.97. The van der Waals surface area contributed by atoms with E-state index in [0.29, 0.717) is 17.2 Å². The lowest BCUT2D eigenvalue weighted by molar-refractivity contribution is 0.102. The number of nitrogens with zero attached hydrogens (tertiary/aromatic N) is 1. The number of amides is 1. The summed E-state index contributed by atoms with van der Waals surface area (Å²) in [4.78, 5) is 16.1. The summed E-state index contributed by atoms with van der Waals surface area (Å²) in [7, 11) is 1.86. The first-order valence-corrected chi connectivity index (χ1v) is 6.13. The maximum absolute atomic E-state index is 11.8. The van der Waals surface area contributed by atoms with Gasteiger partial charge in [-0.3, -0.25) is 10.1 Å². The van der Waals surface area contributed by atoms with Crippen molar-refractivity contribution in [2.75, 3.05) is 12.4 Å². The summed E-state index contributed by atoms with van der Waals surface area (Å²) in [6.07, 6.45) is 0. The van der Waals surface area contributed by atoms with Crippen LogP contribution in [0.25, 0.3) is 0 Å². The number of thiazole rings is 1. The van der Waals surface area contributed by atoms with Crippen LogP contribution in [0.5, 0.6) is 0 Å². The van der Waals surface area contributed by atoms with Crippen LogP contribution >= 0.6 is 11.3 Å². The number of carbonyl (C=O) groups excluding carboxylic acids is 1. The van der Waals surface area contributed by atoms with Gasteiger partial charge in [0.15, 0.2) is 5.13 Å². The average Bonchev–Trinajstić information content (AvgIpc) is 2.78. The van der Waals surface area contributed by atoms with Crippen molar-refractivity contribution < 1.29 is 4.79 Å². The Hall–Kier alpha value is -1.72. The van der Waals surface area contributed by atoms with Gasteiger partial charge in [0.1, 0.15) is 0 Å². The lowest BCUT2D eigenvalue weighted by Crippen LogP contribution is -2.12. The Kier molecular flexibility index (Phi) is 3.85. The molecule has 2 rings (SSSR count). The Balaban J connectivity index is 2.03. The van der Waals surface area contributed by atoms with Crippen LogP contribution in [0.3, 0.4) is 0 Å². The van der Waals surface area contributed by atoms with E-state index in [1.807, 2.05) is 30.6 Å². The highest BCUT2D eigenvalue weighted by Gasteiger charge is 2.07. The Morgan fingerprint density at radius 1 is 1.35 bits per heavy atom. The Morgan fingerprint density at radius 3 is 2.82 bits per heavy atom. The first-order valence-electron chi connectivity index (χ1n) is 5.25. The number of anilines is 1. The predicted molar refractivity (Wildman–Crippen MR) is 69.3 cm³/mol. The second-order valence-corrected chi connectivity index (χ2v) is 4.35. The topological polar surface area (TPSA) is 54.0 Å². The molecule has 0 aliphatic carbocycles. The second kappa shape index (κ2) is 5.56. The maximum Gasteiger partial charge on any atom is 0.257 e. The summed E-state index contributed by atoms with van der Waals surface area (Å²) >= 11 is 1.43. The van der Waals surface area contributed by atoms with Crippen molar-refractivity contribution in [2.24, 2.45) is 0 Å². The van der Waals surface area contributed by atoms with E-state index in [4.69, 9.17) is 0 Å². The van der Waals surface area contributed by atoms with E-state index in [1.165, 1.54) is 11.3 Å². The molecule has 0 bridgehead atoms. The van der Waals surface area contributed by atoms with Crippen LogP contribution in [-0.4, -0.2) is 17.9 Å². The molecular weight excluding hydrogens is 234 g/mol. The molecular formula is C12H13N3OS. The molecule has 1 heterocycles. The van der Waals surface area contributed by atoms with E-state index in [2.05, 4.69) is 15.6 Å². The minimum Gasteiger partial charge on any atom is -0.314 e. The van der Waals surface area contributed by atoms with Crippen LogP contribution in [0.15, 0.2) is 35.7 Å². The van der Waals surface area contributed by atoms with Gasteiger partial charge in [-0.25, -0.2) is 4.98 Å². The van der Waals surface area contributed by atoms with Gasteiger partial charge in [-0.05, 0) is 19.2 Å². The number of hydrogen-bond acceptors (Lipinski definition) is 4. The SMILES string of the molecule is CNCc1csc(NC(=O)c2ccccc2)n1. The molecule has 0 radical (unpaired) electrons. The molecule has 1 amide bonds. The number of aromatic nitrogens is 1. The molecule has 1 aromatic carbocycles. The molecule has 0 atom stereocenters. The molecule has 4 nitrogen and oxygen atoms in total. The van der Waals surface area contributed by atoms with Crippen molar-refractivity contribution in [1.29, 1.82) is 0 Å². The Bertz CT molecular complexity index is 495. The van der Waals surface area contributed by atoms with E-state index < -0.39 is 0 Å². The van der Waals surface area contributed by atoms with Crippen molar-refractivity contribution in [1.82, 2.24) is 10.3 Å². The van der Waals surface area contributed by atoms with Crippen molar-refractivity contribution >= 4 is 22.4 Å². The number of benzene rings is 1. The van der Waals surface area contributed by atoms with Crippen LogP contribution in [-0.2, 0) is 6.54 Å². The highest BCUT2D eigenvalue weighted by atomic mass is 32.1. The fourth-order valence-corrected chi connectivity index (χ4v) is 2.09. The molecule has 0 saturated carbocycles. The molecule has 0 fully saturated rings. The van der Waals surface area contributed by atoms with Crippen molar-refractivity contribution in [3.8, 4) is 0 Å². The van der Waals surface area contributed by atoms with Gasteiger partial charge >= 0.3 is 0 Å². The third kappa shape index (κ3) is 3.12. The fraction of sp³-hybridized carbons (Fsp3) is 0.167. The summed E-state index contributed by atoms with van der Waals surface area (Å²) < 4.78 is 0. The van der Waals surface area contributed by atoms with Crippen LogP contribution in [0, 0.1) is 0 Å². The molecule has 5 heteroatoms. The number of nitrogens with one attached hydrogen (secondary N) is 2. The molecule has 17 heavy (non-hydrogen) atoms. The van der Waals surface area contributed by atoms with Gasteiger partial charge in [0.2, 0.25) is 0 Å². The van der Waals surface area contributed by atoms with E-state index in [9.17, 15) is 4.79 Å². The third-order valence-electron chi connectivity index (χ3n) is 2.17. The normalized spacial score (nSPS) is 10.2. The molecule has 0 saturated heterocycles. The standard InChI is InChI=1S/C12H13N3OS/c1-13-7-10-8-17-12(14-10)15-11(16)9-5-3-2-4-6-9/h2-6,8,13H,7H2,1H3,(H,14,15,16). The molecule has 2 aromatic rings. The summed E-state index contributed by atoms with van der Waals surface area (Å²) in [5.41, 5.74) is 1.57. The van der Waals surface area contributed by atoms with Crippen LogP contribution in [0.4, 0.5) is 5.13 Å². The van der Waals surface area contributed by atoms with Crippen molar-refractivity contribution in [3.63, 3.8) is 0 Å². The Labute approximate surface area is 104 Å². The van der Waals surface area contributed by atoms with Gasteiger partial charge in [-0.2, -0.15) is 0 Å². The van der Waals surface area contributed by atoms with Crippen molar-refractivity contribution in [2.45, 2.75) is 6.54 Å². The molecule has 0 spiro atoms. The quantitative estimate of drug-likeness (QED) is 0.870. The van der Waals surface area contributed by atoms with Gasteiger partial charge in [0, 0.05) is 17.5 Å². The zero-order chi connectivity index (χ0) is 12.1. The van der Waals surface area contributed by atoms with Gasteiger partial charge in [-0.1, -0.05) is 18.2 Å². The highest BCUT2D eigenvalue weighted by molar-refractivity contribution is 7.13. The predicted octanol–water partition coefficient (Wildman–Crippen LogP) is 2.11. The minimum atomic E-state index is -0.129. The van der Waals surface area contributed by atoms with E-state index >= 15 is 0 Å². The first-order chi connectivity index (χ1) is 8.29. The zero-order valence-electron chi connectivity index (χ0n) is 9.43. The zero-order valence-corrected chi connectivity index (χ0v) is 10.3. The molecule has 0 unspecified atom stereocenters. The second-order valence-electron chi connectivity index (χ2n) is 3.49. The van der Waals surface area contributed by atoms with Gasteiger partial charge in [0.05, 0.1) is 5.69 Å². The lowest BCUT2D eigenvalue weighted by Gasteiger charge is -2.00. The molecule has 0 aliphatic heterocycles. The van der Waals surface area contributed by atoms with Gasteiger partial charge in [0.25, 0.3) is 5.91 Å². The molecule has 1 aromatic heterocycles. The Morgan fingerprint density at radius 2 is 2.12 bits per heavy atom. The van der Waals surface area contributed by atoms with E-state index in [1.54, 1.807) is 12.1 Å². The summed E-state index contributed by atoms with van der Waals surface area (Å²) in [6, 6.07) is 9.10. The summed E-state index contributed by atoms with van der Waals surface area (Å²) in [6.45, 7) is 0.706. The van der Waals surface area contributed by atoms with Gasteiger partial charge < -0.3 is 5.32 Å². The number of hydrogen-bond donors (Lipinski definition) is 2. The largest absolute Gasteiger partial charge is 0.314 e. The molecule has 0 aliphatic rings. The summed E-state index contributed by atoms with van der Waals surface area (Å²) in [5.74, 6) is -0.129. The molecule has 88 valence electrons. The summed E-state index contributed by atoms with van der Waals surface area (Å²) in [5, 5.41) is 8.35. The monoisotopic (exact) mass is 247 g/mol. The maximum atomic E-state index is 11.8. The van der Waals surface area contributed by atoms with Crippen LogP contribution in [0.1, 0.15) is 16.1 Å². The molecule has 2 N–H and O–H groups in total.